The lowest BCUT2D eigenvalue weighted by Crippen LogP contribution is -2.50. The number of aryl methyl sites for hydroxylation is 1. The molecule has 162 valence electrons. The second-order valence-electron chi connectivity index (χ2n) is 7.61. The summed E-state index contributed by atoms with van der Waals surface area (Å²) in [6.45, 7) is 2.04. The fraction of sp³-hybridized carbons (Fsp3) is 0.381. The van der Waals surface area contributed by atoms with Crippen molar-refractivity contribution in [2.24, 2.45) is 5.92 Å². The largest absolute Gasteiger partial charge is 0.333 e. The fourth-order valence-corrected chi connectivity index (χ4v) is 3.61. The van der Waals surface area contributed by atoms with E-state index in [9.17, 15) is 19.2 Å². The van der Waals surface area contributed by atoms with Crippen molar-refractivity contribution in [1.82, 2.24) is 29.5 Å². The molecule has 2 amide bonds. The molecule has 1 aliphatic carbocycles. The van der Waals surface area contributed by atoms with Gasteiger partial charge in [0.05, 0.1) is 12.9 Å². The smallest absolute Gasteiger partial charge is 0.325 e. The summed E-state index contributed by atoms with van der Waals surface area (Å²) in [7, 11) is 0. The van der Waals surface area contributed by atoms with Crippen molar-refractivity contribution in [2.75, 3.05) is 0 Å². The van der Waals surface area contributed by atoms with Crippen molar-refractivity contribution < 1.29 is 9.59 Å². The average Bonchev–Trinajstić information content (AvgIpc) is 3.16. The van der Waals surface area contributed by atoms with E-state index in [1.54, 1.807) is 4.57 Å². The lowest BCUT2D eigenvalue weighted by molar-refractivity contribution is -0.133. The van der Waals surface area contributed by atoms with Gasteiger partial charge in [0.25, 0.3) is 11.5 Å². The zero-order valence-corrected chi connectivity index (χ0v) is 17.2. The first kappa shape index (κ1) is 20.6. The number of fused-ring (bicyclic) bond motifs is 1. The minimum absolute atomic E-state index is 0.0959. The van der Waals surface area contributed by atoms with Crippen LogP contribution in [0.25, 0.3) is 11.2 Å². The van der Waals surface area contributed by atoms with Gasteiger partial charge in [0.1, 0.15) is 6.54 Å². The predicted octanol–water partition coefficient (Wildman–Crippen LogP) is 0.375. The maximum atomic E-state index is 13.2. The molecule has 0 spiro atoms. The number of carbonyl (C=O) groups excluding carboxylic acids is 2. The Hall–Kier alpha value is -3.69. The topological polar surface area (TPSA) is 120 Å². The second-order valence-corrected chi connectivity index (χ2v) is 7.61. The predicted molar refractivity (Wildman–Crippen MR) is 113 cm³/mol. The molecule has 0 atom stereocenters. The van der Waals surface area contributed by atoms with Crippen LogP contribution in [0, 0.1) is 5.92 Å². The minimum Gasteiger partial charge on any atom is -0.325 e. The molecule has 10 heteroatoms. The highest BCUT2D eigenvalue weighted by Gasteiger charge is 2.25. The molecular formula is C21H24N6O4. The van der Waals surface area contributed by atoms with E-state index in [4.69, 9.17) is 0 Å². The van der Waals surface area contributed by atoms with E-state index in [1.807, 2.05) is 37.3 Å². The normalized spacial score (nSPS) is 13.7. The number of nitrogens with zero attached hydrogens (tertiary/aromatic N) is 4. The third kappa shape index (κ3) is 4.00. The molecule has 1 aliphatic rings. The third-order valence-electron chi connectivity index (χ3n) is 5.61. The Bertz CT molecular complexity index is 1240. The SMILES string of the molecule is CCn1cnc2c1c(=O)n(CC(=O)NNC(=O)C1CCC1)c(=O)n2Cc1ccccc1. The van der Waals surface area contributed by atoms with Gasteiger partial charge in [-0.05, 0) is 25.3 Å². The van der Waals surface area contributed by atoms with Gasteiger partial charge < -0.3 is 4.57 Å². The zero-order valence-electron chi connectivity index (χ0n) is 17.2. The molecular weight excluding hydrogens is 400 g/mol. The van der Waals surface area contributed by atoms with Crippen molar-refractivity contribution >= 4 is 23.0 Å². The van der Waals surface area contributed by atoms with Crippen molar-refractivity contribution in [3.8, 4) is 0 Å². The van der Waals surface area contributed by atoms with Crippen LogP contribution in [0.5, 0.6) is 0 Å². The first-order chi connectivity index (χ1) is 15.0. The summed E-state index contributed by atoms with van der Waals surface area (Å²) in [5, 5.41) is 0. The number of amides is 2. The maximum absolute atomic E-state index is 13.2. The van der Waals surface area contributed by atoms with Crippen LogP contribution >= 0.6 is 0 Å². The van der Waals surface area contributed by atoms with Gasteiger partial charge in [0.2, 0.25) is 5.91 Å². The summed E-state index contributed by atoms with van der Waals surface area (Å²) in [5.74, 6) is -1.01. The molecule has 0 radical (unpaired) electrons. The molecule has 1 aromatic carbocycles. The van der Waals surface area contributed by atoms with E-state index in [2.05, 4.69) is 15.8 Å². The van der Waals surface area contributed by atoms with E-state index in [-0.39, 0.29) is 29.5 Å². The lowest BCUT2D eigenvalue weighted by atomic mass is 9.85. The zero-order chi connectivity index (χ0) is 22.0. The van der Waals surface area contributed by atoms with E-state index >= 15 is 0 Å². The molecule has 1 saturated carbocycles. The van der Waals surface area contributed by atoms with Crippen LogP contribution < -0.4 is 22.1 Å². The van der Waals surface area contributed by atoms with Crippen LogP contribution in [0.3, 0.4) is 0 Å². The molecule has 2 aromatic heterocycles. The number of nitrogens with one attached hydrogen (secondary N) is 2. The Labute approximate surface area is 177 Å². The summed E-state index contributed by atoms with van der Waals surface area (Å²) in [6.07, 6.45) is 4.09. The molecule has 4 rings (SSSR count). The second kappa shape index (κ2) is 8.58. The summed E-state index contributed by atoms with van der Waals surface area (Å²) in [6, 6.07) is 9.32. The summed E-state index contributed by atoms with van der Waals surface area (Å²) in [5.41, 5.74) is 4.84. The summed E-state index contributed by atoms with van der Waals surface area (Å²) >= 11 is 0. The maximum Gasteiger partial charge on any atom is 0.333 e. The van der Waals surface area contributed by atoms with Crippen LogP contribution in [-0.4, -0.2) is 30.5 Å². The third-order valence-corrected chi connectivity index (χ3v) is 5.61. The van der Waals surface area contributed by atoms with Crippen LogP contribution in [0.4, 0.5) is 0 Å². The highest BCUT2D eigenvalue weighted by atomic mass is 16.2. The lowest BCUT2D eigenvalue weighted by Gasteiger charge is -2.24. The van der Waals surface area contributed by atoms with E-state index in [0.717, 1.165) is 29.4 Å². The first-order valence-electron chi connectivity index (χ1n) is 10.3. The molecule has 3 aromatic rings. The quantitative estimate of drug-likeness (QED) is 0.554. The molecule has 1 fully saturated rings. The van der Waals surface area contributed by atoms with Gasteiger partial charge in [-0.1, -0.05) is 36.8 Å². The Morgan fingerprint density at radius 1 is 1.10 bits per heavy atom. The molecule has 10 nitrogen and oxygen atoms in total. The van der Waals surface area contributed by atoms with Gasteiger partial charge in [-0.3, -0.25) is 29.8 Å². The highest BCUT2D eigenvalue weighted by molar-refractivity contribution is 5.83. The van der Waals surface area contributed by atoms with Crippen molar-refractivity contribution in [1.29, 1.82) is 0 Å². The summed E-state index contributed by atoms with van der Waals surface area (Å²) in [4.78, 5) is 54.8. The van der Waals surface area contributed by atoms with Gasteiger partial charge >= 0.3 is 5.69 Å². The molecule has 0 aliphatic heterocycles. The molecule has 2 heterocycles. The highest BCUT2D eigenvalue weighted by Crippen LogP contribution is 2.25. The average molecular weight is 424 g/mol. The van der Waals surface area contributed by atoms with Crippen molar-refractivity contribution in [2.45, 2.75) is 45.8 Å². The first-order valence-corrected chi connectivity index (χ1v) is 10.3. The number of hydrogen-bond acceptors (Lipinski definition) is 5. The molecule has 0 unspecified atom stereocenters. The van der Waals surface area contributed by atoms with Crippen LogP contribution in [0.1, 0.15) is 31.7 Å². The van der Waals surface area contributed by atoms with Crippen LogP contribution in [-0.2, 0) is 29.2 Å². The van der Waals surface area contributed by atoms with E-state index in [0.29, 0.717) is 6.54 Å². The standard InChI is InChI=1S/C21H24N6O4/c1-2-25-13-22-18-17(25)20(30)27(12-16(28)23-24-19(29)15-9-6-10-15)21(31)26(18)11-14-7-4-3-5-8-14/h3-5,7-8,13,15H,2,6,9-12H2,1H3,(H,23,28)(H,24,29). The number of aromatic nitrogens is 4. The Balaban J connectivity index is 1.67. The Morgan fingerprint density at radius 3 is 2.48 bits per heavy atom. The van der Waals surface area contributed by atoms with Crippen LogP contribution in [0.15, 0.2) is 46.2 Å². The molecule has 2 N–H and O–H groups in total. The van der Waals surface area contributed by atoms with Gasteiger partial charge in [0, 0.05) is 12.5 Å². The van der Waals surface area contributed by atoms with Crippen LogP contribution in [0.2, 0.25) is 0 Å². The Morgan fingerprint density at radius 2 is 1.84 bits per heavy atom. The van der Waals surface area contributed by atoms with E-state index < -0.39 is 23.7 Å². The van der Waals surface area contributed by atoms with E-state index in [1.165, 1.54) is 10.9 Å². The van der Waals surface area contributed by atoms with Gasteiger partial charge in [-0.2, -0.15) is 0 Å². The number of benzene rings is 1. The number of imidazole rings is 1. The molecule has 0 bridgehead atoms. The Kier molecular flexibility index (Phi) is 5.70. The van der Waals surface area contributed by atoms with Gasteiger partial charge in [-0.15, -0.1) is 0 Å². The fourth-order valence-electron chi connectivity index (χ4n) is 3.61. The summed E-state index contributed by atoms with van der Waals surface area (Å²) < 4.78 is 3.91. The monoisotopic (exact) mass is 424 g/mol. The van der Waals surface area contributed by atoms with Gasteiger partial charge in [0.15, 0.2) is 11.2 Å². The number of hydrazine groups is 1. The number of rotatable bonds is 6. The number of hydrogen-bond donors (Lipinski definition) is 2. The molecule has 31 heavy (non-hydrogen) atoms. The van der Waals surface area contributed by atoms with Gasteiger partial charge in [-0.25, -0.2) is 14.3 Å². The molecule has 0 saturated heterocycles. The van der Waals surface area contributed by atoms with Crippen molar-refractivity contribution in [3.05, 3.63) is 63.1 Å². The minimum atomic E-state index is -0.653. The van der Waals surface area contributed by atoms with Crippen molar-refractivity contribution in [3.63, 3.8) is 0 Å². The number of carbonyl (C=O) groups is 2.